The average Bonchev–Trinajstić information content (AvgIpc) is 2.90. The second-order valence-corrected chi connectivity index (χ2v) is 9.05. The van der Waals surface area contributed by atoms with E-state index in [0.717, 1.165) is 11.1 Å². The van der Waals surface area contributed by atoms with E-state index in [1.807, 2.05) is 71.9 Å². The van der Waals surface area contributed by atoms with Crippen LogP contribution in [0.4, 0.5) is 0 Å². The molecule has 1 aromatic carbocycles. The van der Waals surface area contributed by atoms with Crippen molar-refractivity contribution in [3.8, 4) is 5.75 Å². The van der Waals surface area contributed by atoms with Crippen molar-refractivity contribution in [1.82, 2.24) is 0 Å². The first-order valence-electron chi connectivity index (χ1n) is 11.3. The summed E-state index contributed by atoms with van der Waals surface area (Å²) in [5.74, 6) is 0.489. The molecule has 1 atom stereocenters. The molecule has 1 aliphatic rings. The van der Waals surface area contributed by atoms with Crippen molar-refractivity contribution in [2.75, 3.05) is 6.61 Å². The van der Waals surface area contributed by atoms with Gasteiger partial charge in [-0.25, -0.2) is 0 Å². The Morgan fingerprint density at radius 1 is 1.16 bits per heavy atom. The smallest absolute Gasteiger partial charge is 0.498 e. The van der Waals surface area contributed by atoms with Crippen LogP contribution in [-0.4, -0.2) is 42.1 Å². The van der Waals surface area contributed by atoms with Gasteiger partial charge in [-0.15, -0.1) is 0 Å². The van der Waals surface area contributed by atoms with Gasteiger partial charge in [-0.05, 0) is 66.5 Å². The first kappa shape index (κ1) is 26.0. The number of aliphatic hydroxyl groups is 1. The van der Waals surface area contributed by atoms with Crippen LogP contribution in [0.25, 0.3) is 0 Å². The summed E-state index contributed by atoms with van der Waals surface area (Å²) in [6, 6.07) is 7.46. The Kier molecular flexibility index (Phi) is 8.60. The van der Waals surface area contributed by atoms with E-state index in [4.69, 9.17) is 18.8 Å². The van der Waals surface area contributed by atoms with Crippen LogP contribution in [0.5, 0.6) is 5.75 Å². The summed E-state index contributed by atoms with van der Waals surface area (Å²) in [6.07, 6.45) is 2.46. The number of carbonyl (C=O) groups excluding carboxylic acids is 1. The summed E-state index contributed by atoms with van der Waals surface area (Å²) in [5.41, 5.74) is 1.30. The molecule has 6 nitrogen and oxygen atoms in total. The molecule has 0 amide bonds. The van der Waals surface area contributed by atoms with Gasteiger partial charge in [0.05, 0.1) is 30.0 Å². The number of hydrogen-bond donors (Lipinski definition) is 1. The van der Waals surface area contributed by atoms with Crippen LogP contribution >= 0.6 is 0 Å². The third-order valence-corrected chi connectivity index (χ3v) is 6.11. The summed E-state index contributed by atoms with van der Waals surface area (Å²) in [4.78, 5) is 12.0. The van der Waals surface area contributed by atoms with E-state index in [9.17, 15) is 9.90 Å². The lowest BCUT2D eigenvalue weighted by atomic mass is 9.75. The van der Waals surface area contributed by atoms with Crippen LogP contribution in [0.1, 0.15) is 67.4 Å². The summed E-state index contributed by atoms with van der Waals surface area (Å²) in [6.45, 7) is 15.7. The average molecular weight is 444 g/mol. The Bertz CT molecular complexity index is 851. The molecule has 32 heavy (non-hydrogen) atoms. The fourth-order valence-electron chi connectivity index (χ4n) is 3.42. The molecule has 0 bridgehead atoms. The number of carbonyl (C=O) groups is 1. The maximum absolute atomic E-state index is 12.0. The molecule has 7 heteroatoms. The fourth-order valence-corrected chi connectivity index (χ4v) is 3.42. The zero-order chi connectivity index (χ0) is 24.1. The summed E-state index contributed by atoms with van der Waals surface area (Å²) in [5, 5.41) is 10.4. The molecule has 0 aromatic heterocycles. The van der Waals surface area contributed by atoms with E-state index in [1.54, 1.807) is 13.8 Å². The van der Waals surface area contributed by atoms with Gasteiger partial charge in [-0.2, -0.15) is 0 Å². The molecule has 1 aromatic rings. The highest BCUT2D eigenvalue weighted by molar-refractivity contribution is 6.55. The Morgan fingerprint density at radius 3 is 2.28 bits per heavy atom. The lowest BCUT2D eigenvalue weighted by Crippen LogP contribution is -2.41. The van der Waals surface area contributed by atoms with Gasteiger partial charge in [0, 0.05) is 11.0 Å². The monoisotopic (exact) mass is 444 g/mol. The lowest BCUT2D eigenvalue weighted by Gasteiger charge is -2.32. The summed E-state index contributed by atoms with van der Waals surface area (Å²) in [7, 11) is -0.671. The largest absolute Gasteiger partial charge is 0.513 e. The van der Waals surface area contributed by atoms with E-state index >= 15 is 0 Å². The van der Waals surface area contributed by atoms with Gasteiger partial charge in [0.2, 0.25) is 0 Å². The lowest BCUT2D eigenvalue weighted by molar-refractivity contribution is -0.142. The second kappa shape index (κ2) is 10.6. The molecule has 2 rings (SSSR count). The number of ether oxygens (including phenoxy) is 2. The SMILES string of the molecule is CCOC(=O)Cc1ccccc1OC(C)/C(=C/C(B1OC(C)(C)C(C)(C)O1)=C(\C)O)CC. The molecule has 176 valence electrons. The molecule has 1 N–H and O–H groups in total. The zero-order valence-corrected chi connectivity index (χ0v) is 20.7. The molecule has 0 radical (unpaired) electrons. The molecule has 1 unspecified atom stereocenters. The van der Waals surface area contributed by atoms with Gasteiger partial charge < -0.3 is 23.9 Å². The molecular formula is C25H37BO6. The van der Waals surface area contributed by atoms with E-state index in [1.165, 1.54) is 0 Å². The van der Waals surface area contributed by atoms with Crippen molar-refractivity contribution in [3.63, 3.8) is 0 Å². The maximum atomic E-state index is 12.0. The fraction of sp³-hybridized carbons (Fsp3) is 0.560. The number of benzene rings is 1. The first-order chi connectivity index (χ1) is 14.9. The van der Waals surface area contributed by atoms with E-state index in [2.05, 4.69) is 0 Å². The summed E-state index contributed by atoms with van der Waals surface area (Å²) >= 11 is 0. The van der Waals surface area contributed by atoms with Crippen molar-refractivity contribution in [1.29, 1.82) is 0 Å². The zero-order valence-electron chi connectivity index (χ0n) is 20.7. The second-order valence-electron chi connectivity index (χ2n) is 9.05. The van der Waals surface area contributed by atoms with Crippen LogP contribution in [0.15, 0.2) is 47.1 Å². The van der Waals surface area contributed by atoms with Crippen molar-refractivity contribution < 1.29 is 28.7 Å². The standard InChI is InChI=1S/C25H37BO6/c1-9-19(15-21(17(3)27)26-31-24(5,6)25(7,8)32-26)18(4)30-22-14-12-11-13-20(22)16-23(28)29-10-2/h11-15,18,27H,9-10,16H2,1-8H3/b19-15+,21-17-. The van der Waals surface area contributed by atoms with Crippen molar-refractivity contribution >= 4 is 13.1 Å². The molecule has 1 heterocycles. The molecule has 0 aliphatic carbocycles. The van der Waals surface area contributed by atoms with Gasteiger partial charge in [-0.3, -0.25) is 4.79 Å². The minimum absolute atomic E-state index is 0.143. The molecule has 1 fully saturated rings. The predicted molar refractivity (Wildman–Crippen MR) is 127 cm³/mol. The highest BCUT2D eigenvalue weighted by Crippen LogP contribution is 2.39. The Labute approximate surface area is 192 Å². The first-order valence-corrected chi connectivity index (χ1v) is 11.3. The van der Waals surface area contributed by atoms with Gasteiger partial charge in [0.25, 0.3) is 0 Å². The Hall–Kier alpha value is -2.25. The van der Waals surface area contributed by atoms with Crippen LogP contribution < -0.4 is 4.74 Å². The normalized spacial score (nSPS) is 19.4. The minimum Gasteiger partial charge on any atom is -0.513 e. The van der Waals surface area contributed by atoms with Gasteiger partial charge in [-0.1, -0.05) is 31.2 Å². The van der Waals surface area contributed by atoms with Crippen LogP contribution in [-0.2, 0) is 25.3 Å². The number of hydrogen-bond acceptors (Lipinski definition) is 6. The van der Waals surface area contributed by atoms with Gasteiger partial charge in [0.1, 0.15) is 11.9 Å². The Morgan fingerprint density at radius 2 is 1.75 bits per heavy atom. The maximum Gasteiger partial charge on any atom is 0.498 e. The highest BCUT2D eigenvalue weighted by Gasteiger charge is 2.52. The topological polar surface area (TPSA) is 74.2 Å². The molecule has 0 saturated carbocycles. The van der Waals surface area contributed by atoms with Crippen LogP contribution in [0.3, 0.4) is 0 Å². The molecule has 0 spiro atoms. The highest BCUT2D eigenvalue weighted by atomic mass is 16.7. The molecular weight excluding hydrogens is 407 g/mol. The predicted octanol–water partition coefficient (Wildman–Crippen LogP) is 5.36. The van der Waals surface area contributed by atoms with E-state index in [0.29, 0.717) is 24.2 Å². The van der Waals surface area contributed by atoms with Crippen molar-refractivity contribution in [2.24, 2.45) is 0 Å². The summed E-state index contributed by atoms with van der Waals surface area (Å²) < 4.78 is 23.6. The Balaban J connectivity index is 2.26. The number of allylic oxidation sites excluding steroid dienone is 3. The number of para-hydroxylation sites is 1. The third kappa shape index (κ3) is 6.17. The number of rotatable bonds is 9. The molecule has 1 aliphatic heterocycles. The van der Waals surface area contributed by atoms with Crippen molar-refractivity contribution in [2.45, 2.75) is 85.5 Å². The van der Waals surface area contributed by atoms with Crippen LogP contribution in [0.2, 0.25) is 0 Å². The quantitative estimate of drug-likeness (QED) is 0.239. The third-order valence-electron chi connectivity index (χ3n) is 6.11. The van der Waals surface area contributed by atoms with Crippen molar-refractivity contribution in [3.05, 3.63) is 52.7 Å². The van der Waals surface area contributed by atoms with Crippen LogP contribution in [0, 0.1) is 0 Å². The van der Waals surface area contributed by atoms with E-state index in [-0.39, 0.29) is 24.3 Å². The van der Waals surface area contributed by atoms with Gasteiger partial charge >= 0.3 is 13.1 Å². The van der Waals surface area contributed by atoms with E-state index < -0.39 is 18.3 Å². The van der Waals surface area contributed by atoms with Gasteiger partial charge in [0.15, 0.2) is 0 Å². The molecule has 1 saturated heterocycles. The number of esters is 1. The number of aliphatic hydroxyl groups excluding tert-OH is 1. The minimum atomic E-state index is -0.671.